The van der Waals surface area contributed by atoms with Crippen LogP contribution in [-0.2, 0) is 7.05 Å². The Bertz CT molecular complexity index is 501. The number of rotatable bonds is 2. The van der Waals surface area contributed by atoms with Crippen molar-refractivity contribution >= 4 is 21.7 Å². The lowest BCUT2D eigenvalue weighted by atomic mass is 10.2. The number of nitrogens with zero attached hydrogens (tertiary/aromatic N) is 5. The van der Waals surface area contributed by atoms with Gasteiger partial charge in [0.2, 0.25) is 0 Å². The second-order valence-corrected chi connectivity index (χ2v) is 4.05. The molecule has 0 fully saturated rings. The Hall–Kier alpha value is -1.50. The van der Waals surface area contributed by atoms with Crippen LogP contribution in [0.1, 0.15) is 5.56 Å². The van der Waals surface area contributed by atoms with Gasteiger partial charge in [0.05, 0.1) is 5.69 Å². The Morgan fingerprint density at radius 3 is 2.69 bits per heavy atom. The fourth-order valence-electron chi connectivity index (χ4n) is 1.52. The molecule has 6 nitrogen and oxygen atoms in total. The van der Waals surface area contributed by atoms with Gasteiger partial charge in [-0.25, -0.2) is 14.6 Å². The largest absolute Gasteiger partial charge is 0.373 e. The second kappa shape index (κ2) is 4.17. The number of hydrogen-bond acceptors (Lipinski definition) is 5. The number of anilines is 1. The number of halogens is 1. The summed E-state index contributed by atoms with van der Waals surface area (Å²) < 4.78 is 2.36. The Morgan fingerprint density at radius 2 is 2.12 bits per heavy atom. The molecule has 0 aliphatic carbocycles. The van der Waals surface area contributed by atoms with Gasteiger partial charge in [-0.05, 0) is 22.9 Å². The van der Waals surface area contributed by atoms with Gasteiger partial charge >= 0.3 is 0 Å². The van der Waals surface area contributed by atoms with Gasteiger partial charge in [-0.2, -0.15) is 0 Å². The first-order chi connectivity index (χ1) is 7.65. The van der Waals surface area contributed by atoms with Gasteiger partial charge in [-0.15, -0.1) is 5.10 Å². The molecule has 0 bridgehead atoms. The first-order valence-corrected chi connectivity index (χ1v) is 5.49. The molecule has 0 atom stereocenters. The number of aryl methyl sites for hydroxylation is 1. The zero-order chi connectivity index (χ0) is 11.7. The van der Waals surface area contributed by atoms with Crippen molar-refractivity contribution in [2.24, 2.45) is 7.05 Å². The highest BCUT2D eigenvalue weighted by molar-refractivity contribution is 9.10. The molecule has 2 rings (SSSR count). The van der Waals surface area contributed by atoms with Crippen molar-refractivity contribution in [1.82, 2.24) is 25.0 Å². The average Bonchev–Trinajstić information content (AvgIpc) is 2.60. The smallest absolute Gasteiger partial charge is 0.157 e. The van der Waals surface area contributed by atoms with E-state index in [-0.39, 0.29) is 0 Å². The number of nitrogens with one attached hydrogen (secondary N) is 1. The lowest BCUT2D eigenvalue weighted by Gasteiger charge is -2.08. The van der Waals surface area contributed by atoms with Crippen molar-refractivity contribution in [2.45, 2.75) is 6.92 Å². The summed E-state index contributed by atoms with van der Waals surface area (Å²) in [6, 6.07) is 0. The quantitative estimate of drug-likeness (QED) is 0.901. The molecular formula is C9H11BrN6. The highest BCUT2D eigenvalue weighted by atomic mass is 79.9. The Kier molecular flexibility index (Phi) is 2.86. The van der Waals surface area contributed by atoms with E-state index in [0.29, 0.717) is 4.60 Å². The fourth-order valence-corrected chi connectivity index (χ4v) is 2.04. The summed E-state index contributed by atoms with van der Waals surface area (Å²) in [7, 11) is 3.66. The minimum atomic E-state index is 0.679. The number of aromatic nitrogens is 5. The molecule has 84 valence electrons. The van der Waals surface area contributed by atoms with Crippen LogP contribution in [0.25, 0.3) is 11.4 Å². The average molecular weight is 283 g/mol. The van der Waals surface area contributed by atoms with Gasteiger partial charge in [0.15, 0.2) is 4.60 Å². The summed E-state index contributed by atoms with van der Waals surface area (Å²) in [5.41, 5.74) is 2.63. The lowest BCUT2D eigenvalue weighted by Crippen LogP contribution is -2.02. The topological polar surface area (TPSA) is 68.5 Å². The molecule has 0 unspecified atom stereocenters. The molecule has 1 N–H and O–H groups in total. The van der Waals surface area contributed by atoms with E-state index in [9.17, 15) is 0 Å². The molecule has 0 spiro atoms. The van der Waals surface area contributed by atoms with Crippen molar-refractivity contribution in [3.63, 3.8) is 0 Å². The molecule has 16 heavy (non-hydrogen) atoms. The third-order valence-electron chi connectivity index (χ3n) is 2.33. The van der Waals surface area contributed by atoms with E-state index in [1.165, 1.54) is 6.33 Å². The van der Waals surface area contributed by atoms with Crippen LogP contribution < -0.4 is 5.32 Å². The first kappa shape index (κ1) is 11.0. The first-order valence-electron chi connectivity index (χ1n) is 4.70. The molecule has 0 aromatic carbocycles. The third-order valence-corrected chi connectivity index (χ3v) is 2.87. The molecule has 7 heteroatoms. The van der Waals surface area contributed by atoms with Crippen LogP contribution in [0.4, 0.5) is 5.82 Å². The van der Waals surface area contributed by atoms with Crippen LogP contribution in [0.15, 0.2) is 10.9 Å². The van der Waals surface area contributed by atoms with Crippen LogP contribution in [-0.4, -0.2) is 32.0 Å². The SMILES string of the molecule is CNc1ncnc(-c2c(Br)nnn2C)c1C. The summed E-state index contributed by atoms with van der Waals surface area (Å²) in [5, 5.41) is 10.9. The standard InChI is InChI=1S/C9H11BrN6/c1-5-6(12-4-13-9(5)11-2)7-8(10)14-15-16(7)3/h4H,1-3H3,(H,11,12,13). The second-order valence-electron chi connectivity index (χ2n) is 3.30. The van der Waals surface area contributed by atoms with E-state index in [4.69, 9.17) is 0 Å². The summed E-state index contributed by atoms with van der Waals surface area (Å²) in [6.45, 7) is 1.96. The Labute approximate surface area is 101 Å². The summed E-state index contributed by atoms with van der Waals surface area (Å²) >= 11 is 3.36. The van der Waals surface area contributed by atoms with E-state index in [1.54, 1.807) is 4.68 Å². The molecule has 2 aromatic rings. The maximum Gasteiger partial charge on any atom is 0.157 e. The van der Waals surface area contributed by atoms with Gasteiger partial charge < -0.3 is 5.32 Å². The summed E-state index contributed by atoms with van der Waals surface area (Å²) in [6.07, 6.45) is 1.52. The zero-order valence-electron chi connectivity index (χ0n) is 9.19. The van der Waals surface area contributed by atoms with E-state index in [0.717, 1.165) is 22.8 Å². The summed E-state index contributed by atoms with van der Waals surface area (Å²) in [5.74, 6) is 0.804. The van der Waals surface area contributed by atoms with Crippen LogP contribution in [0.3, 0.4) is 0 Å². The maximum absolute atomic E-state index is 4.27. The van der Waals surface area contributed by atoms with Crippen molar-refractivity contribution in [1.29, 1.82) is 0 Å². The maximum atomic E-state index is 4.27. The van der Waals surface area contributed by atoms with E-state index in [2.05, 4.69) is 41.5 Å². The molecule has 0 aliphatic heterocycles. The van der Waals surface area contributed by atoms with Crippen LogP contribution in [0.2, 0.25) is 0 Å². The highest BCUT2D eigenvalue weighted by Crippen LogP contribution is 2.28. The minimum absolute atomic E-state index is 0.679. The predicted molar refractivity (Wildman–Crippen MR) is 64.0 cm³/mol. The molecule has 0 saturated carbocycles. The molecule has 0 aliphatic rings. The van der Waals surface area contributed by atoms with Crippen molar-refractivity contribution < 1.29 is 0 Å². The van der Waals surface area contributed by atoms with Crippen molar-refractivity contribution in [3.05, 3.63) is 16.5 Å². The van der Waals surface area contributed by atoms with Gasteiger partial charge in [-0.1, -0.05) is 5.21 Å². The fraction of sp³-hybridized carbons (Fsp3) is 0.333. The van der Waals surface area contributed by atoms with E-state index in [1.807, 2.05) is 21.0 Å². The van der Waals surface area contributed by atoms with Crippen LogP contribution >= 0.6 is 15.9 Å². The molecule has 0 amide bonds. The van der Waals surface area contributed by atoms with Crippen LogP contribution in [0, 0.1) is 6.92 Å². The molecule has 0 radical (unpaired) electrons. The monoisotopic (exact) mass is 282 g/mol. The molecule has 0 saturated heterocycles. The highest BCUT2D eigenvalue weighted by Gasteiger charge is 2.16. The molecule has 2 heterocycles. The Morgan fingerprint density at radius 1 is 1.38 bits per heavy atom. The Balaban J connectivity index is 2.65. The van der Waals surface area contributed by atoms with E-state index >= 15 is 0 Å². The molecule has 2 aromatic heterocycles. The lowest BCUT2D eigenvalue weighted by molar-refractivity contribution is 0.718. The minimum Gasteiger partial charge on any atom is -0.373 e. The predicted octanol–water partition coefficient (Wildman–Crippen LogP) is 1.38. The van der Waals surface area contributed by atoms with Crippen LogP contribution in [0.5, 0.6) is 0 Å². The van der Waals surface area contributed by atoms with E-state index < -0.39 is 0 Å². The third kappa shape index (κ3) is 1.67. The van der Waals surface area contributed by atoms with Gasteiger partial charge in [-0.3, -0.25) is 0 Å². The van der Waals surface area contributed by atoms with Gasteiger partial charge in [0, 0.05) is 19.7 Å². The zero-order valence-corrected chi connectivity index (χ0v) is 10.8. The van der Waals surface area contributed by atoms with Crippen molar-refractivity contribution in [3.8, 4) is 11.4 Å². The van der Waals surface area contributed by atoms with Crippen molar-refractivity contribution in [2.75, 3.05) is 12.4 Å². The molecular weight excluding hydrogens is 272 g/mol. The van der Waals surface area contributed by atoms with Gasteiger partial charge in [0.1, 0.15) is 17.8 Å². The normalized spacial score (nSPS) is 10.5. The van der Waals surface area contributed by atoms with Gasteiger partial charge in [0.25, 0.3) is 0 Å². The number of hydrogen-bond donors (Lipinski definition) is 1. The summed E-state index contributed by atoms with van der Waals surface area (Å²) in [4.78, 5) is 8.41.